The Balaban J connectivity index is 1.98. The van der Waals surface area contributed by atoms with E-state index in [-0.39, 0.29) is 6.10 Å². The number of rotatable bonds is 2. The zero-order chi connectivity index (χ0) is 9.10. The van der Waals surface area contributed by atoms with Crippen molar-refractivity contribution in [3.63, 3.8) is 0 Å². The molecule has 2 heterocycles. The van der Waals surface area contributed by atoms with E-state index in [9.17, 15) is 5.11 Å². The summed E-state index contributed by atoms with van der Waals surface area (Å²) in [7, 11) is 0. The topological polar surface area (TPSA) is 45.1 Å². The molecule has 0 saturated carbocycles. The van der Waals surface area contributed by atoms with Gasteiger partial charge in [0.25, 0.3) is 0 Å². The second kappa shape index (κ2) is 3.85. The minimum Gasteiger partial charge on any atom is -0.391 e. The monoisotopic (exact) mass is 178 g/mol. The highest BCUT2D eigenvalue weighted by Crippen LogP contribution is 2.14. The summed E-state index contributed by atoms with van der Waals surface area (Å²) in [6, 6.07) is 3.99. The van der Waals surface area contributed by atoms with E-state index in [1.54, 1.807) is 6.20 Å². The van der Waals surface area contributed by atoms with E-state index in [4.69, 9.17) is 0 Å². The molecule has 3 nitrogen and oxygen atoms in total. The van der Waals surface area contributed by atoms with Crippen LogP contribution in [0.4, 0.5) is 0 Å². The molecule has 1 fully saturated rings. The Morgan fingerprint density at radius 3 is 3.08 bits per heavy atom. The van der Waals surface area contributed by atoms with Crippen LogP contribution >= 0.6 is 0 Å². The van der Waals surface area contributed by atoms with Crippen molar-refractivity contribution in [3.8, 4) is 0 Å². The molecule has 70 valence electrons. The lowest BCUT2D eigenvalue weighted by atomic mass is 9.98. The molecular formula is C10H14N2O. The summed E-state index contributed by atoms with van der Waals surface area (Å²) in [5, 5.41) is 12.7. The van der Waals surface area contributed by atoms with Gasteiger partial charge < -0.3 is 10.4 Å². The van der Waals surface area contributed by atoms with Gasteiger partial charge in [-0.2, -0.15) is 0 Å². The quantitative estimate of drug-likeness (QED) is 0.680. The summed E-state index contributed by atoms with van der Waals surface area (Å²) in [6.45, 7) is 1.64. The molecule has 2 atom stereocenters. The van der Waals surface area contributed by atoms with Crippen molar-refractivity contribution < 1.29 is 5.11 Å². The molecule has 0 aromatic carbocycles. The first-order chi connectivity index (χ1) is 6.36. The highest BCUT2D eigenvalue weighted by atomic mass is 16.3. The average molecular weight is 178 g/mol. The Morgan fingerprint density at radius 2 is 2.46 bits per heavy atom. The van der Waals surface area contributed by atoms with Crippen LogP contribution in [0.5, 0.6) is 0 Å². The van der Waals surface area contributed by atoms with E-state index < -0.39 is 0 Å². The highest BCUT2D eigenvalue weighted by Gasteiger charge is 2.24. The molecule has 2 N–H and O–H groups in total. The van der Waals surface area contributed by atoms with Gasteiger partial charge in [-0.05, 0) is 18.1 Å². The van der Waals surface area contributed by atoms with Gasteiger partial charge in [-0.3, -0.25) is 4.98 Å². The number of nitrogens with zero attached hydrogens (tertiary/aromatic N) is 1. The van der Waals surface area contributed by atoms with Gasteiger partial charge in [-0.1, -0.05) is 6.07 Å². The Bertz CT molecular complexity index is 263. The number of aliphatic hydroxyl groups excluding tert-OH is 1. The van der Waals surface area contributed by atoms with Crippen molar-refractivity contribution >= 4 is 0 Å². The molecule has 0 spiro atoms. The number of pyridine rings is 1. The third-order valence-electron chi connectivity index (χ3n) is 2.52. The van der Waals surface area contributed by atoms with E-state index in [1.807, 2.05) is 12.3 Å². The fraction of sp³-hybridized carbons (Fsp3) is 0.500. The van der Waals surface area contributed by atoms with Crippen LogP contribution < -0.4 is 5.32 Å². The first-order valence-corrected chi connectivity index (χ1v) is 4.64. The fourth-order valence-electron chi connectivity index (χ4n) is 1.75. The maximum absolute atomic E-state index is 9.57. The number of aromatic nitrogens is 1. The van der Waals surface area contributed by atoms with E-state index >= 15 is 0 Å². The third kappa shape index (κ3) is 2.05. The maximum Gasteiger partial charge on any atom is 0.0708 e. The lowest BCUT2D eigenvalue weighted by Gasteiger charge is -2.12. The van der Waals surface area contributed by atoms with Crippen LogP contribution in [-0.4, -0.2) is 29.3 Å². The molecule has 1 aromatic heterocycles. The number of nitrogens with one attached hydrogen (secondary N) is 1. The molecule has 3 heteroatoms. The van der Waals surface area contributed by atoms with Crippen LogP contribution in [-0.2, 0) is 6.42 Å². The molecule has 1 aromatic rings. The third-order valence-corrected chi connectivity index (χ3v) is 2.52. The highest BCUT2D eigenvalue weighted by molar-refractivity contribution is 5.10. The second-order valence-electron chi connectivity index (χ2n) is 3.55. The first-order valence-electron chi connectivity index (χ1n) is 4.64. The smallest absolute Gasteiger partial charge is 0.0708 e. The van der Waals surface area contributed by atoms with E-state index in [0.717, 1.165) is 19.5 Å². The van der Waals surface area contributed by atoms with Crippen LogP contribution in [0.1, 0.15) is 5.56 Å². The van der Waals surface area contributed by atoms with Crippen molar-refractivity contribution in [2.24, 2.45) is 5.92 Å². The van der Waals surface area contributed by atoms with Gasteiger partial charge in [0.2, 0.25) is 0 Å². The Morgan fingerprint density at radius 1 is 1.54 bits per heavy atom. The molecule has 0 radical (unpaired) electrons. The van der Waals surface area contributed by atoms with Crippen molar-refractivity contribution in [3.05, 3.63) is 30.1 Å². The lowest BCUT2D eigenvalue weighted by molar-refractivity contribution is 0.147. The average Bonchev–Trinajstić information content (AvgIpc) is 2.54. The Kier molecular flexibility index (Phi) is 2.57. The molecule has 1 saturated heterocycles. The van der Waals surface area contributed by atoms with Gasteiger partial charge in [0.15, 0.2) is 0 Å². The van der Waals surface area contributed by atoms with Crippen LogP contribution in [0.3, 0.4) is 0 Å². The molecule has 0 amide bonds. The molecule has 0 aliphatic carbocycles. The van der Waals surface area contributed by atoms with Gasteiger partial charge >= 0.3 is 0 Å². The van der Waals surface area contributed by atoms with Crippen LogP contribution in [0.2, 0.25) is 0 Å². The predicted octanol–water partition coefficient (Wildman–Crippen LogP) is 0.204. The largest absolute Gasteiger partial charge is 0.391 e. The van der Waals surface area contributed by atoms with Crippen molar-refractivity contribution in [2.45, 2.75) is 12.5 Å². The molecule has 13 heavy (non-hydrogen) atoms. The molecule has 1 aliphatic rings. The molecule has 0 bridgehead atoms. The number of hydrogen-bond acceptors (Lipinski definition) is 3. The van der Waals surface area contributed by atoms with Crippen LogP contribution in [0.15, 0.2) is 24.5 Å². The normalized spacial score (nSPS) is 27.8. The van der Waals surface area contributed by atoms with Crippen LogP contribution in [0.25, 0.3) is 0 Å². The molecular weight excluding hydrogens is 164 g/mol. The lowest BCUT2D eigenvalue weighted by Crippen LogP contribution is -2.19. The predicted molar refractivity (Wildman–Crippen MR) is 50.3 cm³/mol. The number of hydrogen-bond donors (Lipinski definition) is 2. The Labute approximate surface area is 77.8 Å². The zero-order valence-corrected chi connectivity index (χ0v) is 7.48. The summed E-state index contributed by atoms with van der Waals surface area (Å²) in [5.74, 6) is 0.351. The van der Waals surface area contributed by atoms with E-state index in [0.29, 0.717) is 5.92 Å². The summed E-state index contributed by atoms with van der Waals surface area (Å²) in [5.41, 5.74) is 1.20. The van der Waals surface area contributed by atoms with Gasteiger partial charge in [0, 0.05) is 31.4 Å². The Hall–Kier alpha value is -0.930. The minimum atomic E-state index is -0.194. The SMILES string of the molecule is OC1CNCC1Cc1cccnc1. The fourth-order valence-corrected chi connectivity index (χ4v) is 1.75. The van der Waals surface area contributed by atoms with E-state index in [2.05, 4.69) is 16.4 Å². The van der Waals surface area contributed by atoms with Gasteiger partial charge in [0.1, 0.15) is 0 Å². The first kappa shape index (κ1) is 8.66. The van der Waals surface area contributed by atoms with Gasteiger partial charge in [-0.25, -0.2) is 0 Å². The van der Waals surface area contributed by atoms with Gasteiger partial charge in [-0.15, -0.1) is 0 Å². The molecule has 2 unspecified atom stereocenters. The van der Waals surface area contributed by atoms with Crippen LogP contribution in [0, 0.1) is 5.92 Å². The molecule has 2 rings (SSSR count). The number of aliphatic hydroxyl groups is 1. The van der Waals surface area contributed by atoms with Gasteiger partial charge in [0.05, 0.1) is 6.10 Å². The molecule has 1 aliphatic heterocycles. The maximum atomic E-state index is 9.57. The minimum absolute atomic E-state index is 0.194. The number of β-amino-alcohol motifs (C(OH)–C–C–N with tert-alkyl or cyclic N) is 1. The van der Waals surface area contributed by atoms with Crippen molar-refractivity contribution in [1.29, 1.82) is 0 Å². The summed E-state index contributed by atoms with van der Waals surface area (Å²) < 4.78 is 0. The summed E-state index contributed by atoms with van der Waals surface area (Å²) in [6.07, 6.45) is 4.36. The van der Waals surface area contributed by atoms with E-state index in [1.165, 1.54) is 5.56 Å². The summed E-state index contributed by atoms with van der Waals surface area (Å²) in [4.78, 5) is 4.05. The van der Waals surface area contributed by atoms with Crippen molar-refractivity contribution in [1.82, 2.24) is 10.3 Å². The second-order valence-corrected chi connectivity index (χ2v) is 3.55. The standard InChI is InChI=1S/C10H14N2O/c13-10-7-12-6-9(10)4-8-2-1-3-11-5-8/h1-3,5,9-10,12-13H,4,6-7H2. The summed E-state index contributed by atoms with van der Waals surface area (Å²) >= 11 is 0. The van der Waals surface area contributed by atoms with Crippen molar-refractivity contribution in [2.75, 3.05) is 13.1 Å². The zero-order valence-electron chi connectivity index (χ0n) is 7.48.